The van der Waals surface area contributed by atoms with Crippen molar-refractivity contribution in [1.82, 2.24) is 25.6 Å². The molecule has 7 heteroatoms. The molecule has 7 nitrogen and oxygen atoms in total. The summed E-state index contributed by atoms with van der Waals surface area (Å²) < 4.78 is 0. The first-order valence-corrected chi connectivity index (χ1v) is 7.18. The normalized spacial score (nSPS) is 11.7. The molecular weight excluding hydrogens is 282 g/mol. The SMILES string of the molecule is CCCNC(=O)C(C)NC(=O)c1cnn(-c2ccccc2)n1. The second-order valence-electron chi connectivity index (χ2n) is 4.84. The smallest absolute Gasteiger partial charge is 0.274 e. The Bertz CT molecular complexity index is 638. The van der Waals surface area contributed by atoms with Gasteiger partial charge in [0.25, 0.3) is 5.91 Å². The van der Waals surface area contributed by atoms with Crippen LogP contribution in [0.15, 0.2) is 36.5 Å². The number of hydrogen-bond acceptors (Lipinski definition) is 4. The average molecular weight is 301 g/mol. The van der Waals surface area contributed by atoms with Crippen LogP contribution in [-0.4, -0.2) is 39.4 Å². The molecule has 1 aromatic carbocycles. The van der Waals surface area contributed by atoms with Gasteiger partial charge in [-0.25, -0.2) is 0 Å². The number of benzene rings is 1. The van der Waals surface area contributed by atoms with E-state index >= 15 is 0 Å². The number of amides is 2. The minimum absolute atomic E-state index is 0.166. The fourth-order valence-electron chi connectivity index (χ4n) is 1.79. The van der Waals surface area contributed by atoms with E-state index in [-0.39, 0.29) is 11.6 Å². The Labute approximate surface area is 128 Å². The molecule has 2 N–H and O–H groups in total. The first-order valence-electron chi connectivity index (χ1n) is 7.18. The summed E-state index contributed by atoms with van der Waals surface area (Å²) in [7, 11) is 0. The molecule has 1 aromatic heterocycles. The van der Waals surface area contributed by atoms with Crippen LogP contribution in [0.4, 0.5) is 0 Å². The van der Waals surface area contributed by atoms with Crippen LogP contribution in [0.2, 0.25) is 0 Å². The second-order valence-corrected chi connectivity index (χ2v) is 4.84. The molecular formula is C15H19N5O2. The van der Waals surface area contributed by atoms with Gasteiger partial charge >= 0.3 is 0 Å². The van der Waals surface area contributed by atoms with Crippen LogP contribution in [0, 0.1) is 0 Å². The molecule has 0 spiro atoms. The number of nitrogens with zero attached hydrogens (tertiary/aromatic N) is 3. The Morgan fingerprint density at radius 2 is 2.00 bits per heavy atom. The number of carbonyl (C=O) groups is 2. The number of rotatable bonds is 6. The first-order chi connectivity index (χ1) is 10.6. The lowest BCUT2D eigenvalue weighted by Gasteiger charge is -2.12. The number of para-hydroxylation sites is 1. The zero-order chi connectivity index (χ0) is 15.9. The zero-order valence-corrected chi connectivity index (χ0v) is 12.6. The van der Waals surface area contributed by atoms with Gasteiger partial charge in [0.1, 0.15) is 6.04 Å². The molecule has 2 rings (SSSR count). The number of nitrogens with one attached hydrogen (secondary N) is 2. The third kappa shape index (κ3) is 3.91. The van der Waals surface area contributed by atoms with E-state index in [0.717, 1.165) is 12.1 Å². The van der Waals surface area contributed by atoms with E-state index < -0.39 is 11.9 Å². The molecule has 0 fully saturated rings. The molecule has 0 radical (unpaired) electrons. The fraction of sp³-hybridized carbons (Fsp3) is 0.333. The van der Waals surface area contributed by atoms with E-state index in [9.17, 15) is 9.59 Å². The maximum atomic E-state index is 12.1. The molecule has 2 amide bonds. The molecule has 2 aromatic rings. The molecule has 0 saturated carbocycles. The molecule has 0 aliphatic rings. The Morgan fingerprint density at radius 3 is 2.68 bits per heavy atom. The standard InChI is InChI=1S/C15H19N5O2/c1-3-9-16-14(21)11(2)18-15(22)13-10-17-20(19-13)12-7-5-4-6-8-12/h4-8,10-11H,3,9H2,1-2H3,(H,16,21)(H,18,22). The first kappa shape index (κ1) is 15.7. The minimum atomic E-state index is -0.624. The predicted octanol–water partition coefficient (Wildman–Crippen LogP) is 0.912. The van der Waals surface area contributed by atoms with Crippen LogP contribution < -0.4 is 10.6 Å². The quantitative estimate of drug-likeness (QED) is 0.830. The topological polar surface area (TPSA) is 88.9 Å². The molecule has 1 unspecified atom stereocenters. The van der Waals surface area contributed by atoms with Gasteiger partial charge in [-0.2, -0.15) is 9.90 Å². The highest BCUT2D eigenvalue weighted by atomic mass is 16.2. The molecule has 0 aliphatic heterocycles. The van der Waals surface area contributed by atoms with Gasteiger partial charge in [0, 0.05) is 6.54 Å². The second kappa shape index (κ2) is 7.35. The third-order valence-corrected chi connectivity index (χ3v) is 3.00. The molecule has 22 heavy (non-hydrogen) atoms. The summed E-state index contributed by atoms with van der Waals surface area (Å²) in [6, 6.07) is 8.65. The number of carbonyl (C=O) groups excluding carboxylic acids is 2. The summed E-state index contributed by atoms with van der Waals surface area (Å²) >= 11 is 0. The lowest BCUT2D eigenvalue weighted by atomic mass is 10.3. The van der Waals surface area contributed by atoms with Crippen molar-refractivity contribution >= 4 is 11.8 Å². The van der Waals surface area contributed by atoms with E-state index in [0.29, 0.717) is 6.54 Å². The molecule has 1 heterocycles. The Hall–Kier alpha value is -2.70. The highest BCUT2D eigenvalue weighted by molar-refractivity contribution is 5.95. The van der Waals surface area contributed by atoms with Crippen molar-refractivity contribution in [3.8, 4) is 5.69 Å². The van der Waals surface area contributed by atoms with Crippen LogP contribution in [0.5, 0.6) is 0 Å². The van der Waals surface area contributed by atoms with E-state index in [4.69, 9.17) is 0 Å². The average Bonchev–Trinajstić information content (AvgIpc) is 3.03. The van der Waals surface area contributed by atoms with Crippen molar-refractivity contribution in [2.45, 2.75) is 26.3 Å². The lowest BCUT2D eigenvalue weighted by molar-refractivity contribution is -0.122. The van der Waals surface area contributed by atoms with E-state index in [1.165, 1.54) is 11.0 Å². The Morgan fingerprint density at radius 1 is 1.27 bits per heavy atom. The van der Waals surface area contributed by atoms with Gasteiger partial charge in [-0.3, -0.25) is 9.59 Å². The summed E-state index contributed by atoms with van der Waals surface area (Å²) in [6.45, 7) is 4.18. The summed E-state index contributed by atoms with van der Waals surface area (Å²) in [5, 5.41) is 13.5. The molecule has 0 saturated heterocycles. The highest BCUT2D eigenvalue weighted by Gasteiger charge is 2.18. The summed E-state index contributed by atoms with van der Waals surface area (Å²) in [5.41, 5.74) is 0.925. The van der Waals surface area contributed by atoms with Gasteiger partial charge in [-0.15, -0.1) is 5.10 Å². The van der Waals surface area contributed by atoms with Gasteiger partial charge in [-0.1, -0.05) is 25.1 Å². The van der Waals surface area contributed by atoms with Crippen LogP contribution in [0.3, 0.4) is 0 Å². The van der Waals surface area contributed by atoms with E-state index in [1.54, 1.807) is 6.92 Å². The maximum Gasteiger partial charge on any atom is 0.274 e. The fourth-order valence-corrected chi connectivity index (χ4v) is 1.79. The number of aromatic nitrogens is 3. The summed E-state index contributed by atoms with van der Waals surface area (Å²) in [6.07, 6.45) is 2.22. The highest BCUT2D eigenvalue weighted by Crippen LogP contribution is 2.04. The van der Waals surface area contributed by atoms with Crippen molar-refractivity contribution in [2.75, 3.05) is 6.54 Å². The Balaban J connectivity index is 1.99. The van der Waals surface area contributed by atoms with Crippen molar-refractivity contribution < 1.29 is 9.59 Å². The number of hydrogen-bond donors (Lipinski definition) is 2. The van der Waals surface area contributed by atoms with E-state index in [1.807, 2.05) is 37.3 Å². The largest absolute Gasteiger partial charge is 0.354 e. The molecule has 0 aliphatic carbocycles. The van der Waals surface area contributed by atoms with Gasteiger partial charge in [0.2, 0.25) is 5.91 Å². The predicted molar refractivity (Wildman–Crippen MR) is 81.6 cm³/mol. The van der Waals surface area contributed by atoms with Crippen molar-refractivity contribution in [3.63, 3.8) is 0 Å². The summed E-state index contributed by atoms with van der Waals surface area (Å²) in [4.78, 5) is 25.2. The summed E-state index contributed by atoms with van der Waals surface area (Å²) in [5.74, 6) is -0.646. The van der Waals surface area contributed by atoms with Gasteiger partial charge in [0.05, 0.1) is 11.9 Å². The van der Waals surface area contributed by atoms with Crippen molar-refractivity contribution in [3.05, 3.63) is 42.2 Å². The van der Waals surface area contributed by atoms with Gasteiger partial charge in [-0.05, 0) is 25.5 Å². The van der Waals surface area contributed by atoms with Crippen LogP contribution in [-0.2, 0) is 4.79 Å². The van der Waals surface area contributed by atoms with Gasteiger partial charge < -0.3 is 10.6 Å². The van der Waals surface area contributed by atoms with Crippen LogP contribution in [0.25, 0.3) is 5.69 Å². The lowest BCUT2D eigenvalue weighted by Crippen LogP contribution is -2.45. The molecule has 0 bridgehead atoms. The third-order valence-electron chi connectivity index (χ3n) is 3.00. The minimum Gasteiger partial charge on any atom is -0.354 e. The zero-order valence-electron chi connectivity index (χ0n) is 12.6. The van der Waals surface area contributed by atoms with Gasteiger partial charge in [0.15, 0.2) is 5.69 Å². The van der Waals surface area contributed by atoms with Crippen molar-refractivity contribution in [2.24, 2.45) is 0 Å². The molecule has 116 valence electrons. The van der Waals surface area contributed by atoms with Crippen LogP contribution >= 0.6 is 0 Å². The maximum absolute atomic E-state index is 12.1. The van der Waals surface area contributed by atoms with Crippen LogP contribution in [0.1, 0.15) is 30.8 Å². The monoisotopic (exact) mass is 301 g/mol. The van der Waals surface area contributed by atoms with E-state index in [2.05, 4.69) is 20.8 Å². The van der Waals surface area contributed by atoms with Crippen molar-refractivity contribution in [1.29, 1.82) is 0 Å². The Kier molecular flexibility index (Phi) is 5.24. The molecule has 1 atom stereocenters.